The lowest BCUT2D eigenvalue weighted by molar-refractivity contribution is -0.137. The molecule has 2 aliphatic rings. The van der Waals surface area contributed by atoms with Gasteiger partial charge < -0.3 is 5.73 Å². The first-order chi connectivity index (χ1) is 14.2. The Morgan fingerprint density at radius 2 is 1.87 bits per heavy atom. The summed E-state index contributed by atoms with van der Waals surface area (Å²) in [5, 5.41) is 9.89. The second-order valence-electron chi connectivity index (χ2n) is 7.00. The molecule has 1 unspecified atom stereocenters. The average Bonchev–Trinajstić information content (AvgIpc) is 3.13. The minimum Gasteiger partial charge on any atom is -0.384 e. The van der Waals surface area contributed by atoms with Crippen LogP contribution in [0.3, 0.4) is 0 Å². The highest BCUT2D eigenvalue weighted by Crippen LogP contribution is 2.48. The summed E-state index contributed by atoms with van der Waals surface area (Å²) in [6.07, 6.45) is -2.93. The summed E-state index contributed by atoms with van der Waals surface area (Å²) in [7, 11) is 0. The number of hydrogen-bond donors (Lipinski definition) is 1. The van der Waals surface area contributed by atoms with Gasteiger partial charge in [0.2, 0.25) is 0 Å². The average molecular weight is 494 g/mol. The van der Waals surface area contributed by atoms with Gasteiger partial charge in [-0.1, -0.05) is 0 Å². The number of allylic oxidation sites excluding steroid dienone is 3. The van der Waals surface area contributed by atoms with Crippen molar-refractivity contribution in [2.75, 3.05) is 4.90 Å². The fourth-order valence-electron chi connectivity index (χ4n) is 3.95. The molecule has 0 fully saturated rings. The largest absolute Gasteiger partial charge is 0.416 e. The highest BCUT2D eigenvalue weighted by atomic mass is 79.9. The smallest absolute Gasteiger partial charge is 0.384 e. The summed E-state index contributed by atoms with van der Waals surface area (Å²) in [5.41, 5.74) is 7.37. The fraction of sp³-hybridized carbons (Fsp3) is 0.238. The van der Waals surface area contributed by atoms with Gasteiger partial charge in [0.15, 0.2) is 5.78 Å². The van der Waals surface area contributed by atoms with E-state index in [9.17, 15) is 23.2 Å². The number of Topliss-reactive ketones (excluding diaryl/α,β-unsaturated/α-hetero) is 1. The number of anilines is 1. The number of halogens is 4. The second kappa shape index (κ2) is 7.60. The third-order valence-electron chi connectivity index (χ3n) is 5.24. The van der Waals surface area contributed by atoms with Crippen molar-refractivity contribution in [3.8, 4) is 6.07 Å². The van der Waals surface area contributed by atoms with E-state index >= 15 is 0 Å². The Hall–Kier alpha value is -2.57. The molecule has 1 aliphatic carbocycles. The Bertz CT molecular complexity index is 1130. The molecule has 9 heteroatoms. The van der Waals surface area contributed by atoms with Gasteiger partial charge in [-0.2, -0.15) is 18.4 Å². The molecule has 2 N–H and O–H groups in total. The number of nitrogens with two attached hydrogens (primary N) is 1. The lowest BCUT2D eigenvalue weighted by atomic mass is 9.78. The standard InChI is InChI=1S/C21H15BrF3N3OS/c22-17-9-8-16(30-17)18-13(10-26)20(27)28(14-2-1-3-15(29)19(14)18)12-6-4-11(5-7-12)21(23,24)25/h4-9,18H,1-3,27H2. The van der Waals surface area contributed by atoms with Crippen molar-refractivity contribution < 1.29 is 18.0 Å². The minimum atomic E-state index is -4.46. The Kier molecular flexibility index (Phi) is 5.24. The molecule has 2 heterocycles. The van der Waals surface area contributed by atoms with Crippen LogP contribution in [-0.4, -0.2) is 5.78 Å². The van der Waals surface area contributed by atoms with E-state index in [1.807, 2.05) is 12.1 Å². The SMILES string of the molecule is N#CC1=C(N)N(c2ccc(C(F)(F)F)cc2)C2=C(C(=O)CCC2)C1c1ccc(Br)s1. The van der Waals surface area contributed by atoms with Gasteiger partial charge in [0.25, 0.3) is 0 Å². The lowest BCUT2D eigenvalue weighted by Crippen LogP contribution is -2.38. The maximum Gasteiger partial charge on any atom is 0.416 e. The molecule has 4 rings (SSSR count). The zero-order valence-corrected chi connectivity index (χ0v) is 17.9. The van der Waals surface area contributed by atoms with Gasteiger partial charge in [0.1, 0.15) is 5.82 Å². The van der Waals surface area contributed by atoms with E-state index in [0.29, 0.717) is 36.2 Å². The summed E-state index contributed by atoms with van der Waals surface area (Å²) < 4.78 is 39.8. The van der Waals surface area contributed by atoms with Crippen molar-refractivity contribution >= 4 is 38.7 Å². The molecule has 0 amide bonds. The van der Waals surface area contributed by atoms with Gasteiger partial charge >= 0.3 is 6.18 Å². The number of carbonyl (C=O) groups is 1. The second-order valence-corrected chi connectivity index (χ2v) is 9.50. The molecule has 1 aromatic heterocycles. The molecule has 2 aromatic rings. The minimum absolute atomic E-state index is 0.0667. The van der Waals surface area contributed by atoms with E-state index in [0.717, 1.165) is 20.8 Å². The van der Waals surface area contributed by atoms with Gasteiger partial charge in [-0.05, 0) is 65.2 Å². The number of rotatable bonds is 2. The maximum absolute atomic E-state index is 13.0. The summed E-state index contributed by atoms with van der Waals surface area (Å²) in [6.45, 7) is 0. The lowest BCUT2D eigenvalue weighted by Gasteiger charge is -2.39. The monoisotopic (exact) mass is 493 g/mol. The number of benzene rings is 1. The molecule has 0 saturated carbocycles. The molecule has 1 atom stereocenters. The first kappa shape index (κ1) is 20.7. The quantitative estimate of drug-likeness (QED) is 0.570. The van der Waals surface area contributed by atoms with Crippen LogP contribution in [0.4, 0.5) is 18.9 Å². The van der Waals surface area contributed by atoms with Crippen molar-refractivity contribution in [1.29, 1.82) is 5.26 Å². The van der Waals surface area contributed by atoms with Gasteiger partial charge in [0, 0.05) is 28.3 Å². The molecule has 0 bridgehead atoms. The fourth-order valence-corrected chi connectivity index (χ4v) is 5.49. The van der Waals surface area contributed by atoms with E-state index < -0.39 is 17.7 Å². The highest BCUT2D eigenvalue weighted by molar-refractivity contribution is 9.11. The number of nitriles is 1. The molecule has 0 spiro atoms. The van der Waals surface area contributed by atoms with E-state index in [-0.39, 0.29) is 17.2 Å². The van der Waals surface area contributed by atoms with E-state index in [4.69, 9.17) is 5.73 Å². The topological polar surface area (TPSA) is 70.1 Å². The third-order valence-corrected chi connectivity index (χ3v) is 6.93. The molecule has 154 valence electrons. The summed E-state index contributed by atoms with van der Waals surface area (Å²) >= 11 is 4.84. The summed E-state index contributed by atoms with van der Waals surface area (Å²) in [6, 6.07) is 10.4. The third kappa shape index (κ3) is 3.44. The van der Waals surface area contributed by atoms with Crippen LogP contribution < -0.4 is 10.6 Å². The van der Waals surface area contributed by atoms with Crippen LogP contribution >= 0.6 is 27.3 Å². The van der Waals surface area contributed by atoms with Crippen LogP contribution in [0.5, 0.6) is 0 Å². The van der Waals surface area contributed by atoms with E-state index in [1.165, 1.54) is 23.5 Å². The van der Waals surface area contributed by atoms with Crippen LogP contribution in [0.15, 0.2) is 62.8 Å². The predicted molar refractivity (Wildman–Crippen MR) is 111 cm³/mol. The molecule has 0 saturated heterocycles. The van der Waals surface area contributed by atoms with Crippen LogP contribution in [0.25, 0.3) is 0 Å². The van der Waals surface area contributed by atoms with Crippen LogP contribution in [0.1, 0.15) is 35.6 Å². The van der Waals surface area contributed by atoms with Crippen molar-refractivity contribution in [2.45, 2.75) is 31.4 Å². The van der Waals surface area contributed by atoms with E-state index in [2.05, 4.69) is 22.0 Å². The molecule has 1 aliphatic heterocycles. The van der Waals surface area contributed by atoms with Crippen molar-refractivity contribution in [3.63, 3.8) is 0 Å². The zero-order valence-electron chi connectivity index (χ0n) is 15.5. The van der Waals surface area contributed by atoms with E-state index in [1.54, 1.807) is 4.90 Å². The maximum atomic E-state index is 13.0. The van der Waals surface area contributed by atoms with Crippen molar-refractivity contribution in [3.05, 3.63) is 73.3 Å². The molecule has 1 aromatic carbocycles. The zero-order chi connectivity index (χ0) is 21.6. The van der Waals surface area contributed by atoms with Crippen LogP contribution in [0, 0.1) is 11.3 Å². The Morgan fingerprint density at radius 1 is 1.17 bits per heavy atom. The van der Waals surface area contributed by atoms with Gasteiger partial charge in [0.05, 0.1) is 26.9 Å². The molecule has 0 radical (unpaired) electrons. The predicted octanol–water partition coefficient (Wildman–Crippen LogP) is 5.83. The molecule has 4 nitrogen and oxygen atoms in total. The van der Waals surface area contributed by atoms with Gasteiger partial charge in [-0.3, -0.25) is 9.69 Å². The van der Waals surface area contributed by atoms with Crippen LogP contribution in [-0.2, 0) is 11.0 Å². The molecular formula is C21H15BrF3N3OS. The Balaban J connectivity index is 1.90. The van der Waals surface area contributed by atoms with Crippen LogP contribution in [0.2, 0.25) is 0 Å². The number of ketones is 1. The first-order valence-corrected chi connectivity index (χ1v) is 10.7. The molecular weight excluding hydrogens is 479 g/mol. The Morgan fingerprint density at radius 3 is 2.43 bits per heavy atom. The van der Waals surface area contributed by atoms with Gasteiger partial charge in [-0.15, -0.1) is 11.3 Å². The van der Waals surface area contributed by atoms with Crippen molar-refractivity contribution in [1.82, 2.24) is 0 Å². The summed E-state index contributed by atoms with van der Waals surface area (Å²) in [5.74, 6) is -0.497. The highest BCUT2D eigenvalue weighted by Gasteiger charge is 2.41. The van der Waals surface area contributed by atoms with Crippen molar-refractivity contribution in [2.24, 2.45) is 5.73 Å². The molecule has 30 heavy (non-hydrogen) atoms. The van der Waals surface area contributed by atoms with Gasteiger partial charge in [-0.25, -0.2) is 0 Å². The number of carbonyl (C=O) groups excluding carboxylic acids is 1. The number of thiophene rings is 1. The first-order valence-electron chi connectivity index (χ1n) is 9.11. The number of nitrogens with zero attached hydrogens (tertiary/aromatic N) is 2. The number of alkyl halides is 3. The Labute approximate surface area is 183 Å². The summed E-state index contributed by atoms with van der Waals surface area (Å²) in [4.78, 5) is 15.3. The normalized spacial score (nSPS) is 19.8. The number of hydrogen-bond acceptors (Lipinski definition) is 5.